The molecule has 1 aliphatic rings. The predicted octanol–water partition coefficient (Wildman–Crippen LogP) is 3.36. The molecule has 2 aromatic carbocycles. The zero-order valence-corrected chi connectivity index (χ0v) is 15.0. The summed E-state index contributed by atoms with van der Waals surface area (Å²) in [6.07, 6.45) is 0.359. The molecule has 0 radical (unpaired) electrons. The molecule has 0 saturated carbocycles. The van der Waals surface area contributed by atoms with Crippen LogP contribution in [0.15, 0.2) is 47.6 Å². The Balaban J connectivity index is 1.78. The molecule has 1 atom stereocenters. The summed E-state index contributed by atoms with van der Waals surface area (Å²) in [5, 5.41) is 18.0. The average Bonchev–Trinajstić information content (AvgIpc) is 2.62. The molecule has 0 saturated heterocycles. The Labute approximate surface area is 159 Å². The molecule has 0 aromatic heterocycles. The first-order valence-electron chi connectivity index (χ1n) is 8.07. The number of anilines is 1. The van der Waals surface area contributed by atoms with Crippen molar-refractivity contribution in [1.29, 1.82) is 0 Å². The van der Waals surface area contributed by atoms with Gasteiger partial charge in [-0.25, -0.2) is 5.43 Å². The largest absolute Gasteiger partial charge is 0.322 e. The number of nitro groups is 1. The average molecular weight is 387 g/mol. The minimum atomic E-state index is -0.652. The molecule has 1 aliphatic heterocycles. The Bertz CT molecular complexity index is 956. The monoisotopic (exact) mass is 386 g/mol. The number of nitrogens with one attached hydrogen (secondary N) is 2. The van der Waals surface area contributed by atoms with Gasteiger partial charge in [-0.15, -0.1) is 0 Å². The maximum atomic E-state index is 12.4. The van der Waals surface area contributed by atoms with Crippen LogP contribution in [-0.2, 0) is 4.79 Å². The van der Waals surface area contributed by atoms with Gasteiger partial charge in [0.25, 0.3) is 11.6 Å². The van der Waals surface area contributed by atoms with Crippen molar-refractivity contribution >= 4 is 40.5 Å². The quantitative estimate of drug-likeness (QED) is 0.619. The summed E-state index contributed by atoms with van der Waals surface area (Å²) in [6.45, 7) is 1.91. The fourth-order valence-electron chi connectivity index (χ4n) is 2.77. The maximum Gasteiger partial charge on any atom is 0.283 e. The molecule has 1 heterocycles. The second kappa shape index (κ2) is 7.55. The third-order valence-electron chi connectivity index (χ3n) is 4.10. The van der Waals surface area contributed by atoms with Gasteiger partial charge in [0.2, 0.25) is 5.91 Å². The van der Waals surface area contributed by atoms with Gasteiger partial charge in [-0.3, -0.25) is 19.7 Å². The van der Waals surface area contributed by atoms with Crippen LogP contribution in [0, 0.1) is 16.0 Å². The Kier molecular flexibility index (Phi) is 5.18. The zero-order chi connectivity index (χ0) is 19.6. The molecule has 1 unspecified atom stereocenters. The number of hydrogen-bond donors (Lipinski definition) is 2. The van der Waals surface area contributed by atoms with Gasteiger partial charge in [0.05, 0.1) is 10.6 Å². The zero-order valence-electron chi connectivity index (χ0n) is 14.2. The van der Waals surface area contributed by atoms with Crippen LogP contribution >= 0.6 is 11.6 Å². The molecule has 2 aromatic rings. The molecule has 2 amide bonds. The lowest BCUT2D eigenvalue weighted by Crippen LogP contribution is -2.31. The highest BCUT2D eigenvalue weighted by Gasteiger charge is 2.22. The summed E-state index contributed by atoms with van der Waals surface area (Å²) in [6, 6.07) is 10.7. The highest BCUT2D eigenvalue weighted by molar-refractivity contribution is 6.31. The van der Waals surface area contributed by atoms with E-state index in [4.69, 9.17) is 11.6 Å². The van der Waals surface area contributed by atoms with Crippen LogP contribution in [0.4, 0.5) is 11.4 Å². The molecule has 8 nitrogen and oxygen atoms in total. The Hall–Kier alpha value is -3.26. The van der Waals surface area contributed by atoms with E-state index in [9.17, 15) is 19.7 Å². The third-order valence-corrected chi connectivity index (χ3v) is 4.33. The van der Waals surface area contributed by atoms with E-state index in [2.05, 4.69) is 15.8 Å². The smallest absolute Gasteiger partial charge is 0.283 e. The van der Waals surface area contributed by atoms with Crippen LogP contribution in [0.3, 0.4) is 0 Å². The molecular weight excluding hydrogens is 372 g/mol. The van der Waals surface area contributed by atoms with E-state index < -0.39 is 10.8 Å². The van der Waals surface area contributed by atoms with Gasteiger partial charge < -0.3 is 5.32 Å². The van der Waals surface area contributed by atoms with Crippen LogP contribution < -0.4 is 10.7 Å². The predicted molar refractivity (Wildman–Crippen MR) is 101 cm³/mol. The number of hydrazone groups is 1. The normalized spacial score (nSPS) is 16.3. The minimum absolute atomic E-state index is 0.0177. The first-order chi connectivity index (χ1) is 12.8. The van der Waals surface area contributed by atoms with Crippen LogP contribution in [0.1, 0.15) is 29.3 Å². The standard InChI is InChI=1S/C18H15ClN4O4/c1-10-8-16(24)21-22-17(10)11-2-5-13(6-3-11)20-18(25)14-7-4-12(19)9-15(14)23(26)27/h2-7,9-10H,8H2,1H3,(H,20,25)(H,21,24). The van der Waals surface area contributed by atoms with Gasteiger partial charge in [0, 0.05) is 29.1 Å². The number of halogens is 1. The second-order valence-electron chi connectivity index (χ2n) is 6.09. The SMILES string of the molecule is CC1CC(=O)NN=C1c1ccc(NC(=O)c2ccc(Cl)cc2[N+](=O)[O-])cc1. The fourth-order valence-corrected chi connectivity index (χ4v) is 2.94. The number of carbonyl (C=O) groups is 2. The number of nitro benzene ring substituents is 1. The van der Waals surface area contributed by atoms with Crippen LogP contribution in [-0.4, -0.2) is 22.4 Å². The van der Waals surface area contributed by atoms with E-state index >= 15 is 0 Å². The van der Waals surface area contributed by atoms with E-state index in [-0.39, 0.29) is 28.1 Å². The van der Waals surface area contributed by atoms with Crippen molar-refractivity contribution in [2.45, 2.75) is 13.3 Å². The molecule has 2 N–H and O–H groups in total. The molecule has 0 bridgehead atoms. The summed E-state index contributed by atoms with van der Waals surface area (Å²) in [7, 11) is 0. The highest BCUT2D eigenvalue weighted by Crippen LogP contribution is 2.24. The summed E-state index contributed by atoms with van der Waals surface area (Å²) in [5.74, 6) is -0.752. The number of hydrogen-bond acceptors (Lipinski definition) is 5. The van der Waals surface area contributed by atoms with Crippen LogP contribution in [0.2, 0.25) is 5.02 Å². The van der Waals surface area contributed by atoms with Crippen molar-refractivity contribution in [1.82, 2.24) is 5.43 Å². The number of carbonyl (C=O) groups excluding carboxylic acids is 2. The Morgan fingerprint density at radius 1 is 1.30 bits per heavy atom. The van der Waals surface area contributed by atoms with E-state index in [0.29, 0.717) is 12.1 Å². The third kappa shape index (κ3) is 4.12. The molecule has 138 valence electrons. The van der Waals surface area contributed by atoms with Gasteiger partial charge in [-0.2, -0.15) is 5.10 Å². The number of nitrogens with zero attached hydrogens (tertiary/aromatic N) is 2. The van der Waals surface area contributed by atoms with E-state index in [1.807, 2.05) is 6.92 Å². The number of rotatable bonds is 4. The molecular formula is C18H15ClN4O4. The van der Waals surface area contributed by atoms with Crippen molar-refractivity contribution in [3.8, 4) is 0 Å². The Morgan fingerprint density at radius 2 is 2.00 bits per heavy atom. The van der Waals surface area contributed by atoms with Crippen molar-refractivity contribution in [2.24, 2.45) is 11.0 Å². The lowest BCUT2D eigenvalue weighted by Gasteiger charge is -2.19. The topological polar surface area (TPSA) is 114 Å². The van der Waals surface area contributed by atoms with Gasteiger partial charge in [0.15, 0.2) is 0 Å². The molecule has 27 heavy (non-hydrogen) atoms. The first kappa shape index (κ1) is 18.5. The number of benzene rings is 2. The Morgan fingerprint density at radius 3 is 2.63 bits per heavy atom. The highest BCUT2D eigenvalue weighted by atomic mass is 35.5. The second-order valence-corrected chi connectivity index (χ2v) is 6.52. The fraction of sp³-hybridized carbons (Fsp3) is 0.167. The summed E-state index contributed by atoms with van der Waals surface area (Å²) < 4.78 is 0. The summed E-state index contributed by atoms with van der Waals surface area (Å²) in [5.41, 5.74) is 4.05. The molecule has 0 fully saturated rings. The van der Waals surface area contributed by atoms with Gasteiger partial charge in [-0.05, 0) is 29.8 Å². The van der Waals surface area contributed by atoms with Gasteiger partial charge >= 0.3 is 0 Å². The number of amides is 2. The molecule has 3 rings (SSSR count). The van der Waals surface area contributed by atoms with Gasteiger partial charge in [0.1, 0.15) is 5.56 Å². The van der Waals surface area contributed by atoms with Crippen molar-refractivity contribution in [3.63, 3.8) is 0 Å². The molecule has 9 heteroatoms. The lowest BCUT2D eigenvalue weighted by molar-refractivity contribution is -0.385. The van der Waals surface area contributed by atoms with E-state index in [1.165, 1.54) is 12.1 Å². The lowest BCUT2D eigenvalue weighted by atomic mass is 9.94. The maximum absolute atomic E-state index is 12.4. The van der Waals surface area contributed by atoms with Crippen molar-refractivity contribution in [2.75, 3.05) is 5.32 Å². The van der Waals surface area contributed by atoms with E-state index in [0.717, 1.165) is 17.3 Å². The van der Waals surface area contributed by atoms with E-state index in [1.54, 1.807) is 24.3 Å². The van der Waals surface area contributed by atoms with Crippen molar-refractivity contribution in [3.05, 3.63) is 68.7 Å². The van der Waals surface area contributed by atoms with Crippen LogP contribution in [0.25, 0.3) is 0 Å². The van der Waals surface area contributed by atoms with Gasteiger partial charge in [-0.1, -0.05) is 30.7 Å². The minimum Gasteiger partial charge on any atom is -0.322 e. The molecule has 0 spiro atoms. The van der Waals surface area contributed by atoms with Crippen LogP contribution in [0.5, 0.6) is 0 Å². The van der Waals surface area contributed by atoms with Crippen molar-refractivity contribution < 1.29 is 14.5 Å². The molecule has 0 aliphatic carbocycles. The summed E-state index contributed by atoms with van der Waals surface area (Å²) in [4.78, 5) is 34.2. The summed E-state index contributed by atoms with van der Waals surface area (Å²) >= 11 is 5.76. The first-order valence-corrected chi connectivity index (χ1v) is 8.45.